The highest BCUT2D eigenvalue weighted by atomic mass is 16.4. The summed E-state index contributed by atoms with van der Waals surface area (Å²) in [4.78, 5) is 22.5. The van der Waals surface area contributed by atoms with Gasteiger partial charge >= 0.3 is 12.0 Å². The number of amides is 2. The fraction of sp³-hybridized carbons (Fsp3) is 0.818. The van der Waals surface area contributed by atoms with Gasteiger partial charge in [-0.3, -0.25) is 0 Å². The molecule has 0 radical (unpaired) electrons. The lowest BCUT2D eigenvalue weighted by molar-refractivity contribution is -0.140. The molecule has 0 aliphatic carbocycles. The molecule has 2 amide bonds. The van der Waals surface area contributed by atoms with Crippen molar-refractivity contribution in [2.45, 2.75) is 38.8 Å². The second kappa shape index (κ2) is 6.44. The van der Waals surface area contributed by atoms with Gasteiger partial charge in [0.05, 0.1) is 0 Å². The monoisotopic (exact) mass is 243 g/mol. The lowest BCUT2D eigenvalue weighted by atomic mass is 10.0. The van der Waals surface area contributed by atoms with E-state index in [1.807, 2.05) is 0 Å². The highest BCUT2D eigenvalue weighted by molar-refractivity contribution is 5.82. The summed E-state index contributed by atoms with van der Waals surface area (Å²) in [6, 6.07) is -1.09. The third-order valence-electron chi connectivity index (χ3n) is 2.89. The van der Waals surface area contributed by atoms with Crippen LogP contribution in [-0.4, -0.2) is 42.3 Å². The first-order valence-corrected chi connectivity index (χ1v) is 6.01. The van der Waals surface area contributed by atoms with Gasteiger partial charge in [0.25, 0.3) is 0 Å². The minimum atomic E-state index is -1.000. The first-order valence-electron chi connectivity index (χ1n) is 6.01. The van der Waals surface area contributed by atoms with Gasteiger partial charge in [0, 0.05) is 6.04 Å². The second-order valence-corrected chi connectivity index (χ2v) is 4.70. The van der Waals surface area contributed by atoms with E-state index in [0.717, 1.165) is 25.9 Å². The van der Waals surface area contributed by atoms with Crippen LogP contribution in [0.3, 0.4) is 0 Å². The highest BCUT2D eigenvalue weighted by Crippen LogP contribution is 2.04. The van der Waals surface area contributed by atoms with Crippen molar-refractivity contribution in [2.75, 3.05) is 13.1 Å². The molecular formula is C11H21N3O3. The average Bonchev–Trinajstić information content (AvgIpc) is 2.26. The zero-order chi connectivity index (χ0) is 12.8. The number of nitrogens with one attached hydrogen (secondary N) is 3. The number of piperidine rings is 1. The van der Waals surface area contributed by atoms with Crippen LogP contribution in [0.1, 0.15) is 26.7 Å². The van der Waals surface area contributed by atoms with Crippen molar-refractivity contribution in [2.24, 2.45) is 5.92 Å². The van der Waals surface area contributed by atoms with E-state index in [1.54, 1.807) is 13.8 Å². The van der Waals surface area contributed by atoms with Gasteiger partial charge < -0.3 is 21.1 Å². The van der Waals surface area contributed by atoms with E-state index in [9.17, 15) is 9.59 Å². The predicted molar refractivity (Wildman–Crippen MR) is 63.8 cm³/mol. The summed E-state index contributed by atoms with van der Waals surface area (Å²) < 4.78 is 0. The smallest absolute Gasteiger partial charge is 0.326 e. The maximum atomic E-state index is 11.6. The van der Waals surface area contributed by atoms with Crippen LogP contribution in [0, 0.1) is 5.92 Å². The molecular weight excluding hydrogens is 222 g/mol. The first-order chi connectivity index (χ1) is 8.00. The van der Waals surface area contributed by atoms with Crippen molar-refractivity contribution >= 4 is 12.0 Å². The number of carbonyl (C=O) groups excluding carboxylic acids is 1. The number of carbonyl (C=O) groups is 2. The van der Waals surface area contributed by atoms with Crippen molar-refractivity contribution in [3.05, 3.63) is 0 Å². The number of hydrogen-bond acceptors (Lipinski definition) is 3. The molecule has 1 heterocycles. The van der Waals surface area contributed by atoms with Gasteiger partial charge in [0.15, 0.2) is 0 Å². The molecule has 0 saturated carbocycles. The normalized spacial score (nSPS) is 18.8. The highest BCUT2D eigenvalue weighted by Gasteiger charge is 2.24. The van der Waals surface area contributed by atoms with Gasteiger partial charge in [-0.2, -0.15) is 0 Å². The van der Waals surface area contributed by atoms with E-state index in [0.29, 0.717) is 0 Å². The topological polar surface area (TPSA) is 90.5 Å². The average molecular weight is 243 g/mol. The van der Waals surface area contributed by atoms with Crippen LogP contribution in [0.5, 0.6) is 0 Å². The summed E-state index contributed by atoms with van der Waals surface area (Å²) in [7, 11) is 0. The maximum Gasteiger partial charge on any atom is 0.326 e. The maximum absolute atomic E-state index is 11.6. The SMILES string of the molecule is CC(C)C(NC(=O)NC1CCNCC1)C(=O)O. The molecule has 6 nitrogen and oxygen atoms in total. The molecule has 1 fully saturated rings. The van der Waals surface area contributed by atoms with Crippen molar-refractivity contribution in [1.29, 1.82) is 0 Å². The zero-order valence-electron chi connectivity index (χ0n) is 10.3. The van der Waals surface area contributed by atoms with Gasteiger partial charge in [-0.1, -0.05) is 13.8 Å². The van der Waals surface area contributed by atoms with Crippen LogP contribution < -0.4 is 16.0 Å². The van der Waals surface area contributed by atoms with Crippen molar-refractivity contribution in [3.63, 3.8) is 0 Å². The molecule has 0 aromatic heterocycles. The molecule has 6 heteroatoms. The summed E-state index contributed by atoms with van der Waals surface area (Å²) in [6.07, 6.45) is 1.76. The molecule has 1 saturated heterocycles. The molecule has 0 bridgehead atoms. The largest absolute Gasteiger partial charge is 0.480 e. The van der Waals surface area contributed by atoms with Crippen molar-refractivity contribution < 1.29 is 14.7 Å². The number of hydrogen-bond donors (Lipinski definition) is 4. The fourth-order valence-corrected chi connectivity index (χ4v) is 1.85. The Bertz CT molecular complexity index is 275. The molecule has 0 aromatic rings. The Hall–Kier alpha value is -1.30. The molecule has 1 rings (SSSR count). The molecule has 98 valence electrons. The van der Waals surface area contributed by atoms with E-state index in [4.69, 9.17) is 5.11 Å². The molecule has 17 heavy (non-hydrogen) atoms. The minimum Gasteiger partial charge on any atom is -0.480 e. The zero-order valence-corrected chi connectivity index (χ0v) is 10.3. The minimum absolute atomic E-state index is 0.133. The Morgan fingerprint density at radius 3 is 2.35 bits per heavy atom. The molecule has 1 unspecified atom stereocenters. The number of aliphatic carboxylic acids is 1. The Labute approximate surface area is 101 Å². The van der Waals surface area contributed by atoms with Gasteiger partial charge in [-0.15, -0.1) is 0 Å². The van der Waals surface area contributed by atoms with Crippen LogP contribution >= 0.6 is 0 Å². The third kappa shape index (κ3) is 4.60. The summed E-state index contributed by atoms with van der Waals surface area (Å²) in [6.45, 7) is 5.31. The predicted octanol–water partition coefficient (Wildman–Crippen LogP) is 0.147. The molecule has 4 N–H and O–H groups in total. The van der Waals surface area contributed by atoms with Crippen molar-refractivity contribution in [1.82, 2.24) is 16.0 Å². The van der Waals surface area contributed by atoms with Crippen LogP contribution in [-0.2, 0) is 4.79 Å². The van der Waals surface area contributed by atoms with E-state index >= 15 is 0 Å². The van der Waals surface area contributed by atoms with E-state index < -0.39 is 18.0 Å². The van der Waals surface area contributed by atoms with Crippen LogP contribution in [0.15, 0.2) is 0 Å². The second-order valence-electron chi connectivity index (χ2n) is 4.70. The standard InChI is InChI=1S/C11H21N3O3/c1-7(2)9(10(15)16)14-11(17)13-8-3-5-12-6-4-8/h7-9,12H,3-6H2,1-2H3,(H,15,16)(H2,13,14,17). The summed E-state index contributed by atoms with van der Waals surface area (Å²) in [5.41, 5.74) is 0. The molecule has 0 aromatic carbocycles. The lowest BCUT2D eigenvalue weighted by Gasteiger charge is -2.25. The first kappa shape index (κ1) is 13.8. The number of rotatable bonds is 4. The Morgan fingerprint density at radius 2 is 1.88 bits per heavy atom. The molecule has 1 atom stereocenters. The number of urea groups is 1. The van der Waals surface area contributed by atoms with Crippen molar-refractivity contribution in [3.8, 4) is 0 Å². The Kier molecular flexibility index (Phi) is 5.21. The Balaban J connectivity index is 2.38. The summed E-state index contributed by atoms with van der Waals surface area (Å²) in [5, 5.41) is 17.4. The summed E-state index contributed by atoms with van der Waals surface area (Å²) in [5.74, 6) is -1.13. The molecule has 0 spiro atoms. The van der Waals surface area contributed by atoms with Gasteiger partial charge in [0.1, 0.15) is 6.04 Å². The van der Waals surface area contributed by atoms with Gasteiger partial charge in [0.2, 0.25) is 0 Å². The van der Waals surface area contributed by atoms with Crippen LogP contribution in [0.25, 0.3) is 0 Å². The molecule has 1 aliphatic heterocycles. The molecule has 1 aliphatic rings. The summed E-state index contributed by atoms with van der Waals surface area (Å²) >= 11 is 0. The van der Waals surface area contributed by atoms with E-state index in [2.05, 4.69) is 16.0 Å². The Morgan fingerprint density at radius 1 is 1.29 bits per heavy atom. The van der Waals surface area contributed by atoms with Gasteiger partial charge in [-0.05, 0) is 31.8 Å². The van der Waals surface area contributed by atoms with Gasteiger partial charge in [-0.25, -0.2) is 9.59 Å². The third-order valence-corrected chi connectivity index (χ3v) is 2.89. The quantitative estimate of drug-likeness (QED) is 0.565. The number of carboxylic acid groups (broad SMARTS) is 1. The fourth-order valence-electron chi connectivity index (χ4n) is 1.85. The van der Waals surface area contributed by atoms with E-state index in [1.165, 1.54) is 0 Å². The van der Waals surface area contributed by atoms with Crippen LogP contribution in [0.2, 0.25) is 0 Å². The van der Waals surface area contributed by atoms with Crippen LogP contribution in [0.4, 0.5) is 4.79 Å². The lowest BCUT2D eigenvalue weighted by Crippen LogP contribution is -2.52. The number of carboxylic acids is 1. The van der Waals surface area contributed by atoms with E-state index in [-0.39, 0.29) is 12.0 Å².